The van der Waals surface area contributed by atoms with Crippen LogP contribution in [-0.4, -0.2) is 13.2 Å². The van der Waals surface area contributed by atoms with Crippen LogP contribution in [0, 0.1) is 0 Å². The van der Waals surface area contributed by atoms with E-state index in [9.17, 15) is 22.1 Å². The summed E-state index contributed by atoms with van der Waals surface area (Å²) in [5, 5.41) is 1.68. The summed E-state index contributed by atoms with van der Waals surface area (Å²) in [4.78, 5) is 13.6. The molecule has 0 atom stereocenters. The number of rotatable bonds is 4. The Morgan fingerprint density at radius 3 is 1.72 bits per heavy atom. The second kappa shape index (κ2) is 10.4. The van der Waals surface area contributed by atoms with E-state index in [1.807, 2.05) is 116 Å². The molecule has 32 heavy (non-hydrogen) atoms. The number of anilines is 1. The first-order chi connectivity index (χ1) is 15.3. The summed E-state index contributed by atoms with van der Waals surface area (Å²) in [5.74, 6) is -0.0862. The number of hydrogen-bond donors (Lipinski definition) is 0. The Bertz CT molecular complexity index is 1100. The fourth-order valence-corrected chi connectivity index (χ4v) is 3.10. The molecule has 0 fully saturated rings. The second-order valence-electron chi connectivity index (χ2n) is 6.61. The predicted molar refractivity (Wildman–Crippen MR) is 117 cm³/mol. The van der Waals surface area contributed by atoms with E-state index in [1.165, 1.54) is 0 Å². The van der Waals surface area contributed by atoms with Crippen molar-refractivity contribution in [1.82, 2.24) is 0 Å². The molecule has 3 aromatic carbocycles. The summed E-state index contributed by atoms with van der Waals surface area (Å²) >= 11 is 0. The van der Waals surface area contributed by atoms with Gasteiger partial charge >= 0.3 is 13.2 Å². The molecular weight excluding hydrogens is 419 g/mol. The van der Waals surface area contributed by atoms with Gasteiger partial charge in [-0.1, -0.05) is 82.5 Å². The lowest BCUT2D eigenvalue weighted by atomic mass is 9.99. The van der Waals surface area contributed by atoms with Crippen molar-refractivity contribution in [2.24, 2.45) is 0 Å². The number of hydrogen-bond acceptors (Lipinski definition) is 1. The van der Waals surface area contributed by atoms with E-state index in [4.69, 9.17) is 0 Å². The van der Waals surface area contributed by atoms with Crippen LogP contribution in [0.3, 0.4) is 0 Å². The van der Waals surface area contributed by atoms with Crippen LogP contribution in [0.4, 0.5) is 23.0 Å². The Labute approximate surface area is 183 Å². The zero-order valence-corrected chi connectivity index (χ0v) is 16.9. The normalized spacial score (nSPS) is 10.6. The Morgan fingerprint density at radius 1 is 0.656 bits per heavy atom. The molecule has 0 saturated heterocycles. The highest BCUT2D eigenvalue weighted by Gasteiger charge is 2.28. The molecule has 0 spiro atoms. The van der Waals surface area contributed by atoms with E-state index >= 15 is 0 Å². The van der Waals surface area contributed by atoms with Gasteiger partial charge in [0.2, 0.25) is 12.4 Å². The highest BCUT2D eigenvalue weighted by Crippen LogP contribution is 2.25. The van der Waals surface area contributed by atoms with Gasteiger partial charge in [-0.3, -0.25) is 4.79 Å². The third-order valence-electron chi connectivity index (χ3n) is 4.37. The van der Waals surface area contributed by atoms with E-state index < -0.39 is 7.25 Å². The van der Waals surface area contributed by atoms with Crippen molar-refractivity contribution in [3.63, 3.8) is 0 Å². The molecular formula is C24H19BF4N2O. The van der Waals surface area contributed by atoms with Crippen LogP contribution in [0.25, 0.3) is 11.1 Å². The van der Waals surface area contributed by atoms with Gasteiger partial charge in [0.25, 0.3) is 0 Å². The minimum absolute atomic E-state index is 0.0862. The third kappa shape index (κ3) is 6.28. The minimum atomic E-state index is -6.00. The molecule has 8 heteroatoms. The molecule has 0 aliphatic rings. The predicted octanol–water partition coefficient (Wildman–Crippen LogP) is 6.05. The van der Waals surface area contributed by atoms with Crippen molar-refractivity contribution in [2.75, 3.05) is 5.01 Å². The maximum atomic E-state index is 13.6. The molecule has 0 aliphatic carbocycles. The Kier molecular flexibility index (Phi) is 7.39. The number of halogens is 4. The molecule has 4 rings (SSSR count). The van der Waals surface area contributed by atoms with Crippen LogP contribution in [0.1, 0.15) is 10.4 Å². The number of amides is 1. The zero-order valence-electron chi connectivity index (χ0n) is 16.9. The number of pyridine rings is 1. The topological polar surface area (TPSA) is 24.2 Å². The standard InChI is InChI=1S/C24H19N2O.BF4/c27-24(23-17-9-8-16-22(23)20-12-4-1-5-13-20)26(21-14-6-2-7-15-21)25-18-10-3-11-19-25;2-1(3,4)5/h1-19H;/q+1;-1. The van der Waals surface area contributed by atoms with Gasteiger partial charge in [0, 0.05) is 12.1 Å². The van der Waals surface area contributed by atoms with Crippen molar-refractivity contribution < 1.29 is 26.7 Å². The Balaban J connectivity index is 0.000000523. The summed E-state index contributed by atoms with van der Waals surface area (Å²) in [7, 11) is -6.00. The fraction of sp³-hybridized carbons (Fsp3) is 0. The molecule has 0 N–H and O–H groups in total. The number of carbonyl (C=O) groups excluding carboxylic acids is 1. The fourth-order valence-electron chi connectivity index (χ4n) is 3.10. The van der Waals surface area contributed by atoms with Gasteiger partial charge in [0.15, 0.2) is 0 Å². The van der Waals surface area contributed by atoms with Gasteiger partial charge in [-0.2, -0.15) is 0 Å². The molecule has 1 heterocycles. The molecule has 0 saturated carbocycles. The highest BCUT2D eigenvalue weighted by molar-refractivity contribution is 6.50. The van der Waals surface area contributed by atoms with Gasteiger partial charge in [-0.25, -0.2) is 0 Å². The first-order valence-electron chi connectivity index (χ1n) is 9.72. The molecule has 0 aliphatic heterocycles. The van der Waals surface area contributed by atoms with Crippen LogP contribution in [0.2, 0.25) is 0 Å². The lowest BCUT2D eigenvalue weighted by molar-refractivity contribution is -0.673. The molecule has 3 nitrogen and oxygen atoms in total. The molecule has 162 valence electrons. The summed E-state index contributed by atoms with van der Waals surface area (Å²) in [6, 6.07) is 33.1. The van der Waals surface area contributed by atoms with Gasteiger partial charge in [0.05, 0.1) is 5.56 Å². The summed E-state index contributed by atoms with van der Waals surface area (Å²) in [5.41, 5.74) is 3.40. The molecule has 1 amide bonds. The van der Waals surface area contributed by atoms with Crippen LogP contribution in [0.15, 0.2) is 116 Å². The second-order valence-corrected chi connectivity index (χ2v) is 6.61. The van der Waals surface area contributed by atoms with Crippen molar-refractivity contribution in [2.45, 2.75) is 0 Å². The first kappa shape index (κ1) is 22.7. The van der Waals surface area contributed by atoms with E-state index in [0.717, 1.165) is 16.8 Å². The average molecular weight is 438 g/mol. The van der Waals surface area contributed by atoms with E-state index in [-0.39, 0.29) is 5.91 Å². The number of nitrogens with zero attached hydrogens (tertiary/aromatic N) is 2. The number of para-hydroxylation sites is 1. The maximum Gasteiger partial charge on any atom is 0.673 e. The van der Waals surface area contributed by atoms with Gasteiger partial charge in [0.1, 0.15) is 5.69 Å². The van der Waals surface area contributed by atoms with Gasteiger partial charge in [-0.15, -0.1) is 0 Å². The molecule has 4 aromatic rings. The third-order valence-corrected chi connectivity index (χ3v) is 4.37. The number of benzene rings is 3. The number of aromatic nitrogens is 1. The van der Waals surface area contributed by atoms with Crippen molar-refractivity contribution in [1.29, 1.82) is 0 Å². The summed E-state index contributed by atoms with van der Waals surface area (Å²) < 4.78 is 40.8. The lowest BCUT2D eigenvalue weighted by Gasteiger charge is -2.18. The molecule has 0 unspecified atom stereocenters. The quantitative estimate of drug-likeness (QED) is 0.216. The SMILES string of the molecule is F[B-](F)(F)F.O=C(c1ccccc1-c1ccccc1)N(c1ccccc1)[n+]1ccccc1. The Hall–Kier alpha value is -3.94. The van der Waals surface area contributed by atoms with Gasteiger partial charge < -0.3 is 17.3 Å². The first-order valence-corrected chi connectivity index (χ1v) is 9.72. The summed E-state index contributed by atoms with van der Waals surface area (Å²) in [6.45, 7) is 0. The Morgan fingerprint density at radius 2 is 1.12 bits per heavy atom. The van der Waals surface area contributed by atoms with E-state index in [2.05, 4.69) is 0 Å². The van der Waals surface area contributed by atoms with E-state index in [0.29, 0.717) is 5.56 Å². The smallest absolute Gasteiger partial charge is 0.418 e. The minimum Gasteiger partial charge on any atom is -0.418 e. The van der Waals surface area contributed by atoms with Gasteiger partial charge in [-0.05, 0) is 29.3 Å². The zero-order chi connectivity index (χ0) is 23.0. The lowest BCUT2D eigenvalue weighted by Crippen LogP contribution is -2.57. The number of carbonyl (C=O) groups is 1. The molecule has 1 aromatic heterocycles. The largest absolute Gasteiger partial charge is 0.673 e. The molecule has 0 radical (unpaired) electrons. The highest BCUT2D eigenvalue weighted by atomic mass is 19.5. The summed E-state index contributed by atoms with van der Waals surface area (Å²) in [6.07, 6.45) is 3.74. The van der Waals surface area contributed by atoms with Crippen LogP contribution in [0.5, 0.6) is 0 Å². The van der Waals surface area contributed by atoms with Crippen LogP contribution >= 0.6 is 0 Å². The molecule has 0 bridgehead atoms. The van der Waals surface area contributed by atoms with Crippen LogP contribution < -0.4 is 9.69 Å². The monoisotopic (exact) mass is 438 g/mol. The van der Waals surface area contributed by atoms with Crippen molar-refractivity contribution in [3.05, 3.63) is 121 Å². The van der Waals surface area contributed by atoms with Crippen molar-refractivity contribution in [3.8, 4) is 11.1 Å². The average Bonchev–Trinajstić information content (AvgIpc) is 2.80. The maximum absolute atomic E-state index is 13.6. The van der Waals surface area contributed by atoms with Crippen LogP contribution in [-0.2, 0) is 0 Å². The van der Waals surface area contributed by atoms with E-state index in [1.54, 1.807) is 9.69 Å². The van der Waals surface area contributed by atoms with Crippen molar-refractivity contribution >= 4 is 18.8 Å².